The molecule has 4 rings (SSSR count). The predicted molar refractivity (Wildman–Crippen MR) is 134 cm³/mol. The van der Waals surface area contributed by atoms with Crippen molar-refractivity contribution >= 4 is 0 Å². The molecule has 1 unspecified atom stereocenters. The predicted octanol–water partition coefficient (Wildman–Crippen LogP) is 8.53. The highest BCUT2D eigenvalue weighted by Crippen LogP contribution is 2.67. The van der Waals surface area contributed by atoms with Crippen LogP contribution in [-0.2, 0) is 9.78 Å². The zero-order chi connectivity index (χ0) is 22.9. The number of rotatable bonds is 9. The number of hydrogen-bond acceptors (Lipinski definition) is 2. The SMILES string of the molecule is C=CCOOC1CC[C@@]2(C)C(=CC[C@H]3[C@@H]4CC[C@H]([C@H](C)CCCC(C)C)[C@@]4(C)CC[C@@H]32)C1. The van der Waals surface area contributed by atoms with Gasteiger partial charge in [0.25, 0.3) is 0 Å². The average molecular weight is 443 g/mol. The van der Waals surface area contributed by atoms with E-state index >= 15 is 0 Å². The molecule has 0 aromatic heterocycles. The van der Waals surface area contributed by atoms with Gasteiger partial charge in [-0.2, -0.15) is 0 Å². The summed E-state index contributed by atoms with van der Waals surface area (Å²) < 4.78 is 0. The van der Waals surface area contributed by atoms with E-state index in [1.165, 1.54) is 57.8 Å². The molecular weight excluding hydrogens is 392 g/mol. The van der Waals surface area contributed by atoms with Crippen LogP contribution in [0, 0.1) is 46.3 Å². The summed E-state index contributed by atoms with van der Waals surface area (Å²) >= 11 is 0. The topological polar surface area (TPSA) is 18.5 Å². The lowest BCUT2D eigenvalue weighted by molar-refractivity contribution is -0.321. The smallest absolute Gasteiger partial charge is 0.100 e. The standard InChI is InChI=1S/C30H50O2/c1-7-19-31-32-24-15-17-29(5)23(20-24)11-12-25-27-14-13-26(22(4)10-8-9-21(2)3)30(27,6)18-16-28(25)29/h7,11,21-22,24-28H,1,8-10,12-20H2,2-6H3/t22-,24?,25+,26-,27+,28+,29+,30-/m1/s1. The molecule has 0 radical (unpaired) electrons. The van der Waals surface area contributed by atoms with Crippen molar-refractivity contribution in [2.24, 2.45) is 46.3 Å². The molecule has 0 aliphatic heterocycles. The van der Waals surface area contributed by atoms with Gasteiger partial charge >= 0.3 is 0 Å². The maximum Gasteiger partial charge on any atom is 0.100 e. The van der Waals surface area contributed by atoms with E-state index in [0.717, 1.165) is 48.3 Å². The number of hydrogen-bond donors (Lipinski definition) is 0. The molecule has 182 valence electrons. The molecule has 0 aromatic carbocycles. The molecule has 0 bridgehead atoms. The second-order valence-corrected chi connectivity index (χ2v) is 12.8. The van der Waals surface area contributed by atoms with Crippen molar-refractivity contribution in [2.45, 2.75) is 111 Å². The van der Waals surface area contributed by atoms with Gasteiger partial charge in [-0.1, -0.05) is 71.6 Å². The lowest BCUT2D eigenvalue weighted by atomic mass is 9.47. The Morgan fingerprint density at radius 2 is 1.88 bits per heavy atom. The van der Waals surface area contributed by atoms with Gasteiger partial charge in [0.1, 0.15) is 6.61 Å². The maximum atomic E-state index is 5.71. The summed E-state index contributed by atoms with van der Waals surface area (Å²) in [7, 11) is 0. The molecule has 0 heterocycles. The molecule has 0 amide bonds. The van der Waals surface area contributed by atoms with Crippen LogP contribution in [0.15, 0.2) is 24.3 Å². The van der Waals surface area contributed by atoms with Crippen molar-refractivity contribution in [3.05, 3.63) is 24.3 Å². The fraction of sp³-hybridized carbons (Fsp3) is 0.867. The van der Waals surface area contributed by atoms with Crippen LogP contribution in [0.5, 0.6) is 0 Å². The summed E-state index contributed by atoms with van der Waals surface area (Å²) in [5.41, 5.74) is 2.65. The van der Waals surface area contributed by atoms with E-state index in [9.17, 15) is 0 Å². The van der Waals surface area contributed by atoms with Crippen molar-refractivity contribution in [3.63, 3.8) is 0 Å². The van der Waals surface area contributed by atoms with Crippen LogP contribution in [0.2, 0.25) is 0 Å². The van der Waals surface area contributed by atoms with Crippen LogP contribution in [0.4, 0.5) is 0 Å². The number of fused-ring (bicyclic) bond motifs is 5. The third-order valence-corrected chi connectivity index (χ3v) is 10.6. The molecule has 0 saturated heterocycles. The van der Waals surface area contributed by atoms with Gasteiger partial charge in [-0.25, -0.2) is 9.78 Å². The first-order chi connectivity index (χ1) is 15.3. The first-order valence-electron chi connectivity index (χ1n) is 13.9. The lowest BCUT2D eigenvalue weighted by Gasteiger charge is -2.58. The molecule has 4 aliphatic rings. The quantitative estimate of drug-likeness (QED) is 0.154. The largest absolute Gasteiger partial charge is 0.233 e. The van der Waals surface area contributed by atoms with E-state index in [1.54, 1.807) is 11.6 Å². The monoisotopic (exact) mass is 442 g/mol. The molecule has 3 saturated carbocycles. The highest BCUT2D eigenvalue weighted by Gasteiger charge is 2.59. The van der Waals surface area contributed by atoms with Gasteiger partial charge in [0.05, 0.1) is 6.10 Å². The molecule has 4 aliphatic carbocycles. The zero-order valence-electron chi connectivity index (χ0n) is 21.7. The van der Waals surface area contributed by atoms with Crippen molar-refractivity contribution in [1.82, 2.24) is 0 Å². The minimum Gasteiger partial charge on any atom is -0.233 e. The normalized spacial score (nSPS) is 42.1. The van der Waals surface area contributed by atoms with Crippen LogP contribution >= 0.6 is 0 Å². The van der Waals surface area contributed by atoms with Crippen LogP contribution in [0.1, 0.15) is 105 Å². The average Bonchev–Trinajstić information content (AvgIpc) is 3.11. The fourth-order valence-corrected chi connectivity index (χ4v) is 8.92. The van der Waals surface area contributed by atoms with E-state index in [0.29, 0.717) is 17.4 Å². The molecule has 0 spiro atoms. The minimum atomic E-state index is 0.224. The minimum absolute atomic E-state index is 0.224. The molecule has 2 heteroatoms. The third-order valence-electron chi connectivity index (χ3n) is 10.6. The Hall–Kier alpha value is -0.600. The highest BCUT2D eigenvalue weighted by molar-refractivity contribution is 5.25. The van der Waals surface area contributed by atoms with E-state index in [1.807, 2.05) is 0 Å². The van der Waals surface area contributed by atoms with E-state index in [4.69, 9.17) is 9.78 Å². The van der Waals surface area contributed by atoms with Crippen molar-refractivity contribution in [1.29, 1.82) is 0 Å². The first-order valence-corrected chi connectivity index (χ1v) is 13.9. The summed E-state index contributed by atoms with van der Waals surface area (Å²) in [6.45, 7) is 16.8. The Morgan fingerprint density at radius 3 is 2.62 bits per heavy atom. The fourth-order valence-electron chi connectivity index (χ4n) is 8.92. The molecule has 0 aromatic rings. The van der Waals surface area contributed by atoms with Gasteiger partial charge in [0, 0.05) is 0 Å². The van der Waals surface area contributed by atoms with Gasteiger partial charge in [0.2, 0.25) is 0 Å². The summed E-state index contributed by atoms with van der Waals surface area (Å²) in [6.07, 6.45) is 19.5. The summed E-state index contributed by atoms with van der Waals surface area (Å²) in [5.74, 6) is 5.43. The van der Waals surface area contributed by atoms with Gasteiger partial charge in [-0.3, -0.25) is 0 Å². The van der Waals surface area contributed by atoms with Gasteiger partial charge in [-0.05, 0) is 97.7 Å². The summed E-state index contributed by atoms with van der Waals surface area (Å²) in [4.78, 5) is 11.1. The van der Waals surface area contributed by atoms with E-state index in [2.05, 4.69) is 47.3 Å². The van der Waals surface area contributed by atoms with Gasteiger partial charge in [0.15, 0.2) is 0 Å². The van der Waals surface area contributed by atoms with Crippen LogP contribution in [0.3, 0.4) is 0 Å². The lowest BCUT2D eigenvalue weighted by Crippen LogP contribution is -2.51. The maximum absolute atomic E-state index is 5.71. The van der Waals surface area contributed by atoms with E-state index in [-0.39, 0.29) is 6.10 Å². The Bertz CT molecular complexity index is 680. The Morgan fingerprint density at radius 1 is 1.06 bits per heavy atom. The second-order valence-electron chi connectivity index (χ2n) is 12.8. The van der Waals surface area contributed by atoms with Crippen LogP contribution in [0.25, 0.3) is 0 Å². The molecule has 8 atom stereocenters. The summed E-state index contributed by atoms with van der Waals surface area (Å²) in [5, 5.41) is 0. The molecule has 3 fully saturated rings. The Balaban J connectivity index is 1.43. The molecule has 0 N–H and O–H groups in total. The van der Waals surface area contributed by atoms with E-state index < -0.39 is 0 Å². The van der Waals surface area contributed by atoms with Crippen molar-refractivity contribution in [3.8, 4) is 0 Å². The van der Waals surface area contributed by atoms with Crippen molar-refractivity contribution in [2.75, 3.05) is 6.61 Å². The van der Waals surface area contributed by atoms with Crippen LogP contribution < -0.4 is 0 Å². The first kappa shape index (κ1) is 24.5. The van der Waals surface area contributed by atoms with Crippen molar-refractivity contribution < 1.29 is 9.78 Å². The Kier molecular flexibility index (Phi) is 7.62. The van der Waals surface area contributed by atoms with Crippen LogP contribution in [-0.4, -0.2) is 12.7 Å². The third kappa shape index (κ3) is 4.52. The molecular formula is C30H50O2. The highest BCUT2D eigenvalue weighted by atomic mass is 17.2. The summed E-state index contributed by atoms with van der Waals surface area (Å²) in [6, 6.07) is 0. The molecule has 32 heavy (non-hydrogen) atoms. The Labute approximate surface area is 198 Å². The zero-order valence-corrected chi connectivity index (χ0v) is 21.7. The number of allylic oxidation sites excluding steroid dienone is 1. The van der Waals surface area contributed by atoms with Gasteiger partial charge < -0.3 is 0 Å². The second kappa shape index (κ2) is 9.95. The van der Waals surface area contributed by atoms with Gasteiger partial charge in [-0.15, -0.1) is 6.58 Å². The molecule has 2 nitrogen and oxygen atoms in total.